The molecule has 0 bridgehead atoms. The molecular weight excluding hydrogens is 957 g/mol. The summed E-state index contributed by atoms with van der Waals surface area (Å²) in [6.07, 6.45) is 11.9. The van der Waals surface area contributed by atoms with E-state index in [9.17, 15) is 53.5 Å². The van der Waals surface area contributed by atoms with Gasteiger partial charge in [-0.2, -0.15) is 46.4 Å². The van der Waals surface area contributed by atoms with Crippen molar-refractivity contribution in [1.82, 2.24) is 4.57 Å². The first-order chi connectivity index (χ1) is 32.9. The summed E-state index contributed by atoms with van der Waals surface area (Å²) in [5, 5.41) is 51.8. The third-order valence-corrected chi connectivity index (χ3v) is 21.6. The van der Waals surface area contributed by atoms with Crippen molar-refractivity contribution < 1.29 is 27.2 Å². The number of nitrogens with zero attached hydrogens (tertiary/aromatic N) is 6. The second kappa shape index (κ2) is 14.9. The number of aromatic nitrogens is 1. The average molecular weight is 985 g/mol. The molecule has 4 aliphatic rings. The summed E-state index contributed by atoms with van der Waals surface area (Å²) in [4.78, 5) is 35.1. The number of halogens is 4. The maximum Gasteiger partial charge on any atom is 0.194 e. The zero-order valence-corrected chi connectivity index (χ0v) is 39.9. The number of carbonyl (C=O) groups is 2. The molecule has 1 unspecified atom stereocenters. The van der Waals surface area contributed by atoms with Gasteiger partial charge in [0.1, 0.15) is 41.5 Å². The van der Waals surface area contributed by atoms with Gasteiger partial charge in [0.2, 0.25) is 0 Å². The van der Waals surface area contributed by atoms with E-state index in [1.54, 1.807) is 12.2 Å². The highest BCUT2D eigenvalue weighted by Crippen LogP contribution is 2.72. The summed E-state index contributed by atoms with van der Waals surface area (Å²) in [6.45, 7) is 1.83. The molecule has 0 spiro atoms. The smallest absolute Gasteiger partial charge is 0.194 e. The third-order valence-electron chi connectivity index (χ3n) is 13.4. The van der Waals surface area contributed by atoms with E-state index in [2.05, 4.69) is 55.4 Å². The zero-order valence-electron chi connectivity index (χ0n) is 36.7. The number of Topliss-reactive ketones (excluding diaryl/α,β-unsaturated/α-hetero) is 2. The fourth-order valence-electron chi connectivity index (χ4n) is 10.1. The molecule has 3 aromatic heterocycles. The summed E-state index contributed by atoms with van der Waals surface area (Å²) in [7, 11) is -3.37. The van der Waals surface area contributed by atoms with Crippen molar-refractivity contribution in [3.05, 3.63) is 138 Å². The van der Waals surface area contributed by atoms with Crippen molar-refractivity contribution in [2.45, 2.75) is 32.5 Å². The van der Waals surface area contributed by atoms with Crippen molar-refractivity contribution in [1.29, 1.82) is 26.3 Å². The molecule has 0 saturated heterocycles. The molecule has 1 atom stereocenters. The number of hydrogen-bond acceptors (Lipinski definition) is 9. The van der Waals surface area contributed by atoms with E-state index in [0.29, 0.717) is 9.75 Å². The predicted molar refractivity (Wildman–Crippen MR) is 262 cm³/mol. The molecule has 5 heterocycles. The van der Waals surface area contributed by atoms with Crippen molar-refractivity contribution in [3.8, 4) is 51.2 Å². The molecule has 0 N–H and O–H groups in total. The Morgan fingerprint density at radius 2 is 0.899 bits per heavy atom. The molecule has 0 fully saturated rings. The molecule has 69 heavy (non-hydrogen) atoms. The van der Waals surface area contributed by atoms with Gasteiger partial charge >= 0.3 is 0 Å². The van der Waals surface area contributed by atoms with Crippen molar-refractivity contribution in [3.63, 3.8) is 0 Å². The van der Waals surface area contributed by atoms with Crippen molar-refractivity contribution >= 4 is 99.4 Å². The molecule has 0 amide bonds. The summed E-state index contributed by atoms with van der Waals surface area (Å²) in [6, 6.07) is 25.0. The van der Waals surface area contributed by atoms with Crippen molar-refractivity contribution in [2.75, 3.05) is 25.0 Å². The Kier molecular flexibility index (Phi) is 9.44. The molecule has 334 valence electrons. The van der Waals surface area contributed by atoms with E-state index < -0.39 is 72.1 Å². The lowest BCUT2D eigenvalue weighted by atomic mass is 9.99. The van der Waals surface area contributed by atoms with E-state index in [1.807, 2.05) is 47.9 Å². The van der Waals surface area contributed by atoms with E-state index in [-0.39, 0.29) is 44.5 Å². The first kappa shape index (κ1) is 43.8. The highest BCUT2D eigenvalue weighted by Gasteiger charge is 2.40. The lowest BCUT2D eigenvalue weighted by Gasteiger charge is -2.28. The lowest BCUT2D eigenvalue weighted by Crippen LogP contribution is -2.02. The third kappa shape index (κ3) is 5.89. The van der Waals surface area contributed by atoms with Gasteiger partial charge in [0.05, 0.1) is 17.1 Å². The van der Waals surface area contributed by atoms with Crippen LogP contribution >= 0.6 is 42.7 Å². The first-order valence-electron chi connectivity index (χ1n) is 20.8. The molecule has 7 aromatic rings. The van der Waals surface area contributed by atoms with E-state index >= 15 is 0 Å². The minimum atomic E-state index is -1.69. The Morgan fingerprint density at radius 3 is 1.25 bits per heavy atom. The topological polar surface area (TPSA) is 158 Å². The van der Waals surface area contributed by atoms with Crippen LogP contribution in [0.4, 0.5) is 17.6 Å². The lowest BCUT2D eigenvalue weighted by molar-refractivity contribution is 0.103. The van der Waals surface area contributed by atoms with E-state index in [4.69, 9.17) is 0 Å². The Hall–Kier alpha value is -7.75. The molecule has 4 aromatic carbocycles. The molecule has 0 saturated carbocycles. The van der Waals surface area contributed by atoms with Crippen molar-refractivity contribution in [2.24, 2.45) is 0 Å². The van der Waals surface area contributed by atoms with Crippen LogP contribution in [-0.2, 0) is 0 Å². The summed E-state index contributed by atoms with van der Waals surface area (Å²) >= 11 is 2.85. The SMILES string of the molecule is CC(C#N)n1c2cc3c(cc2c2cc4c(cc21)-c1sc(/C=C2\C(=O)c5cc(F)c(F)cc5C2=C(C#N)C#N)cc1S4(C)C)S(C)(C)c1cc(/C=C2\C(=O)c4cc(F)c(F)cc4C2=C(C#N)C#N)sc1-3. The number of thiophene rings is 2. The Labute approximate surface area is 402 Å². The minimum Gasteiger partial charge on any atom is -0.324 e. The first-order valence-corrected chi connectivity index (χ1v) is 27.3. The fourth-order valence-corrected chi connectivity index (χ4v) is 18.7. The maximum absolute atomic E-state index is 14.5. The summed E-state index contributed by atoms with van der Waals surface area (Å²) < 4.78 is 59.8. The van der Waals surface area contributed by atoms with Gasteiger partial charge in [-0.15, -0.1) is 22.7 Å². The monoisotopic (exact) mass is 984 g/mol. The quantitative estimate of drug-likeness (QED) is 0.0968. The van der Waals surface area contributed by atoms with Crippen LogP contribution in [0.5, 0.6) is 0 Å². The van der Waals surface area contributed by atoms with Crippen LogP contribution in [0.1, 0.15) is 54.6 Å². The van der Waals surface area contributed by atoms with E-state index in [0.717, 1.165) is 86.5 Å². The number of nitriles is 5. The number of carbonyl (C=O) groups excluding carboxylic acids is 2. The normalized spacial score (nSPS) is 17.9. The van der Waals surface area contributed by atoms with Crippen LogP contribution in [0.3, 0.4) is 0 Å². The minimum absolute atomic E-state index is 0.00470. The fraction of sp³-hybridized carbons (Fsp3) is 0.113. The highest BCUT2D eigenvalue weighted by molar-refractivity contribution is 8.33. The zero-order chi connectivity index (χ0) is 48.9. The van der Waals surface area contributed by atoms with Crippen LogP contribution in [0.25, 0.3) is 66.0 Å². The molecule has 8 nitrogen and oxygen atoms in total. The van der Waals surface area contributed by atoms with Gasteiger partial charge < -0.3 is 4.57 Å². The average Bonchev–Trinajstić information content (AvgIpc) is 4.17. The Balaban J connectivity index is 1.05. The summed E-state index contributed by atoms with van der Waals surface area (Å²) in [5.41, 5.74) is 2.42. The molecule has 11 rings (SSSR count). The van der Waals surface area contributed by atoms with Gasteiger partial charge in [-0.1, -0.05) is 0 Å². The van der Waals surface area contributed by atoms with Crippen LogP contribution < -0.4 is 0 Å². The number of allylic oxidation sites excluding steroid dienone is 6. The molecule has 0 radical (unpaired) electrons. The number of rotatable bonds is 3. The van der Waals surface area contributed by atoms with Crippen LogP contribution in [0.2, 0.25) is 0 Å². The van der Waals surface area contributed by atoms with E-state index in [1.165, 1.54) is 22.7 Å². The van der Waals surface area contributed by atoms with Crippen LogP contribution in [0.15, 0.2) is 103 Å². The molecule has 2 aliphatic heterocycles. The predicted octanol–water partition coefficient (Wildman–Crippen LogP) is 13.6. The van der Waals surface area contributed by atoms with Gasteiger partial charge in [0.25, 0.3) is 0 Å². The number of fused-ring (bicyclic) bond motifs is 11. The van der Waals surface area contributed by atoms with Gasteiger partial charge in [-0.3, -0.25) is 9.59 Å². The van der Waals surface area contributed by atoms with Gasteiger partial charge in [-0.05, 0) is 116 Å². The maximum atomic E-state index is 14.5. The molecule has 2 aliphatic carbocycles. The largest absolute Gasteiger partial charge is 0.324 e. The van der Waals surface area contributed by atoms with Gasteiger partial charge in [0, 0.05) is 94.4 Å². The summed E-state index contributed by atoms with van der Waals surface area (Å²) in [5.74, 6) is -6.10. The van der Waals surface area contributed by atoms with Crippen LogP contribution in [0, 0.1) is 79.9 Å². The number of ketones is 2. The standard InChI is InChI=1S/C53H28F4N6O2S4/c1-23(18-58)63-42-14-34-44(68(2,3)46-8-26(66-52(34)46)6-36-48(24(19-59)20-60)30-10-38(54)40(56)12-32(30)50(36)64)16-28(42)29-17-45-35(15-43(29)63)53-47(69(45,4)5)9-27(67-53)7-37-49(25(21-61)22-62)31-11-39(55)41(57)13-33(31)51(37)65/h6-17,23H,1-5H3/b36-6-,37-7-. The Morgan fingerprint density at radius 1 is 0.536 bits per heavy atom. The second-order valence-electron chi connectivity index (χ2n) is 17.6. The Bertz CT molecular complexity index is 3800. The number of hydrogen-bond donors (Lipinski definition) is 0. The van der Waals surface area contributed by atoms with Gasteiger partial charge in [0.15, 0.2) is 34.8 Å². The molecule has 16 heteroatoms. The second-order valence-corrected chi connectivity index (χ2v) is 26.8. The van der Waals surface area contributed by atoms with Gasteiger partial charge in [-0.25, -0.2) is 17.6 Å². The number of benzene rings is 4. The van der Waals surface area contributed by atoms with Crippen LogP contribution in [-0.4, -0.2) is 41.2 Å². The highest BCUT2D eigenvalue weighted by atomic mass is 32.3. The molecular formula is C53H28F4N6O2S4.